The highest BCUT2D eigenvalue weighted by Crippen LogP contribution is 2.15. The first-order chi connectivity index (χ1) is 8.47. The molecule has 1 rings (SSSR count). The van der Waals surface area contributed by atoms with Gasteiger partial charge in [0.1, 0.15) is 5.75 Å². The first kappa shape index (κ1) is 14.5. The number of ketones is 1. The third-order valence-electron chi connectivity index (χ3n) is 2.32. The minimum absolute atomic E-state index is 0.174. The van der Waals surface area contributed by atoms with Crippen LogP contribution in [-0.4, -0.2) is 11.9 Å². The Labute approximate surface area is 110 Å². The van der Waals surface area contributed by atoms with E-state index in [4.69, 9.17) is 4.74 Å². The first-order valence-corrected chi connectivity index (χ1v) is 6.45. The molecule has 0 aliphatic rings. The third kappa shape index (κ3) is 5.67. The molecule has 0 aromatic heterocycles. The van der Waals surface area contributed by atoms with Crippen LogP contribution < -0.4 is 4.74 Å². The summed E-state index contributed by atoms with van der Waals surface area (Å²) in [6.07, 6.45) is 4.28. The zero-order chi connectivity index (χ0) is 13.5. The fourth-order valence-electron chi connectivity index (χ4n) is 1.59. The van der Waals surface area contributed by atoms with Gasteiger partial charge in [-0.15, -0.1) is 0 Å². The Morgan fingerprint density at radius 1 is 1.17 bits per heavy atom. The van der Waals surface area contributed by atoms with Crippen molar-refractivity contribution in [1.82, 2.24) is 0 Å². The minimum atomic E-state index is 0.174. The highest BCUT2D eigenvalue weighted by Gasteiger charge is 2.01. The molecule has 0 fully saturated rings. The number of allylic oxidation sites excluding steroid dienone is 1. The van der Waals surface area contributed by atoms with Crippen LogP contribution in [0.15, 0.2) is 30.3 Å². The molecular weight excluding hydrogens is 224 g/mol. The summed E-state index contributed by atoms with van der Waals surface area (Å²) in [4.78, 5) is 11.5. The minimum Gasteiger partial charge on any atom is -0.491 e. The van der Waals surface area contributed by atoms with Crippen molar-refractivity contribution in [1.29, 1.82) is 0 Å². The molecule has 1 aromatic carbocycles. The molecule has 0 radical (unpaired) electrons. The predicted molar refractivity (Wildman–Crippen MR) is 75.7 cm³/mol. The topological polar surface area (TPSA) is 26.3 Å². The lowest BCUT2D eigenvalue weighted by molar-refractivity contribution is -0.115. The van der Waals surface area contributed by atoms with Gasteiger partial charge in [-0.3, -0.25) is 4.79 Å². The fourth-order valence-corrected chi connectivity index (χ4v) is 1.59. The van der Waals surface area contributed by atoms with E-state index in [1.807, 2.05) is 58.0 Å². The lowest BCUT2D eigenvalue weighted by atomic mass is 10.1. The summed E-state index contributed by atoms with van der Waals surface area (Å²) in [7, 11) is 0. The fraction of sp³-hybridized carbons (Fsp3) is 0.438. The van der Waals surface area contributed by atoms with E-state index in [-0.39, 0.29) is 11.9 Å². The maximum atomic E-state index is 11.5. The Morgan fingerprint density at radius 2 is 1.78 bits per heavy atom. The lowest BCUT2D eigenvalue weighted by Crippen LogP contribution is -2.05. The Hall–Kier alpha value is -1.57. The van der Waals surface area contributed by atoms with Crippen molar-refractivity contribution in [2.45, 2.75) is 40.2 Å². The van der Waals surface area contributed by atoms with E-state index in [0.29, 0.717) is 12.3 Å². The van der Waals surface area contributed by atoms with Crippen LogP contribution in [0.4, 0.5) is 0 Å². The molecule has 18 heavy (non-hydrogen) atoms. The number of ether oxygens (including phenoxy) is 1. The van der Waals surface area contributed by atoms with Gasteiger partial charge in [0.15, 0.2) is 5.78 Å². The Balaban J connectivity index is 2.58. The Morgan fingerprint density at radius 3 is 2.28 bits per heavy atom. The molecule has 0 bridgehead atoms. The van der Waals surface area contributed by atoms with Gasteiger partial charge in [0.05, 0.1) is 6.10 Å². The van der Waals surface area contributed by atoms with Crippen molar-refractivity contribution in [3.05, 3.63) is 35.9 Å². The van der Waals surface area contributed by atoms with Gasteiger partial charge >= 0.3 is 0 Å². The van der Waals surface area contributed by atoms with Gasteiger partial charge in [0.25, 0.3) is 0 Å². The second-order valence-corrected chi connectivity index (χ2v) is 5.13. The summed E-state index contributed by atoms with van der Waals surface area (Å²) in [5.74, 6) is 1.44. The van der Waals surface area contributed by atoms with Crippen LogP contribution in [0.25, 0.3) is 6.08 Å². The number of hydrogen-bond acceptors (Lipinski definition) is 2. The van der Waals surface area contributed by atoms with Gasteiger partial charge in [-0.25, -0.2) is 0 Å². The molecule has 98 valence electrons. The molecule has 2 nitrogen and oxygen atoms in total. The van der Waals surface area contributed by atoms with Crippen LogP contribution in [-0.2, 0) is 4.79 Å². The number of rotatable bonds is 6. The van der Waals surface area contributed by atoms with Crippen molar-refractivity contribution < 1.29 is 9.53 Å². The smallest absolute Gasteiger partial charge is 0.155 e. The monoisotopic (exact) mass is 246 g/mol. The summed E-state index contributed by atoms with van der Waals surface area (Å²) in [6.45, 7) is 8.09. The first-order valence-electron chi connectivity index (χ1n) is 6.45. The molecule has 0 aliphatic carbocycles. The molecule has 0 saturated heterocycles. The molecular formula is C16H22O2. The van der Waals surface area contributed by atoms with Crippen LogP contribution in [0.1, 0.15) is 39.7 Å². The molecule has 0 aliphatic heterocycles. The van der Waals surface area contributed by atoms with E-state index in [2.05, 4.69) is 0 Å². The Kier molecular flexibility index (Phi) is 5.63. The van der Waals surface area contributed by atoms with Crippen molar-refractivity contribution in [2.24, 2.45) is 5.92 Å². The van der Waals surface area contributed by atoms with Crippen molar-refractivity contribution >= 4 is 11.9 Å². The molecule has 1 aromatic rings. The molecule has 0 amide bonds. The van der Waals surface area contributed by atoms with Crippen LogP contribution in [0, 0.1) is 5.92 Å². The second-order valence-electron chi connectivity index (χ2n) is 5.13. The SMILES string of the molecule is CC(C)CC(=O)C=Cc1ccc(OC(C)C)cc1. The number of carbonyl (C=O) groups excluding carboxylic acids is 1. The van der Waals surface area contributed by atoms with Crippen LogP contribution in [0.3, 0.4) is 0 Å². The van der Waals surface area contributed by atoms with Crippen molar-refractivity contribution in [3.8, 4) is 5.75 Å². The van der Waals surface area contributed by atoms with Gasteiger partial charge in [-0.2, -0.15) is 0 Å². The maximum Gasteiger partial charge on any atom is 0.155 e. The number of carbonyl (C=O) groups is 1. The highest BCUT2D eigenvalue weighted by atomic mass is 16.5. The summed E-state index contributed by atoms with van der Waals surface area (Å²) >= 11 is 0. The van der Waals surface area contributed by atoms with Gasteiger partial charge in [-0.05, 0) is 43.5 Å². The summed E-state index contributed by atoms with van der Waals surface area (Å²) in [6, 6.07) is 7.76. The van der Waals surface area contributed by atoms with E-state index in [9.17, 15) is 4.79 Å². The maximum absolute atomic E-state index is 11.5. The van der Waals surface area contributed by atoms with Crippen LogP contribution in [0.5, 0.6) is 5.75 Å². The summed E-state index contributed by atoms with van der Waals surface area (Å²) in [5.41, 5.74) is 1.02. The standard InChI is InChI=1S/C16H22O2/c1-12(2)11-15(17)8-5-14-6-9-16(10-7-14)18-13(3)4/h5-10,12-13H,11H2,1-4H3. The largest absolute Gasteiger partial charge is 0.491 e. The normalized spacial score (nSPS) is 11.4. The molecule has 2 heteroatoms. The van der Waals surface area contributed by atoms with E-state index < -0.39 is 0 Å². The van der Waals surface area contributed by atoms with Gasteiger partial charge < -0.3 is 4.74 Å². The van der Waals surface area contributed by atoms with Gasteiger partial charge in [-0.1, -0.05) is 32.1 Å². The molecule has 0 unspecified atom stereocenters. The molecule has 0 N–H and O–H groups in total. The molecule has 0 saturated carbocycles. The van der Waals surface area contributed by atoms with E-state index in [1.165, 1.54) is 0 Å². The van der Waals surface area contributed by atoms with E-state index in [0.717, 1.165) is 11.3 Å². The van der Waals surface area contributed by atoms with Crippen molar-refractivity contribution in [2.75, 3.05) is 0 Å². The predicted octanol–water partition coefficient (Wildman–Crippen LogP) is 4.10. The molecule has 0 heterocycles. The number of hydrogen-bond donors (Lipinski definition) is 0. The van der Waals surface area contributed by atoms with Crippen molar-refractivity contribution in [3.63, 3.8) is 0 Å². The third-order valence-corrected chi connectivity index (χ3v) is 2.32. The highest BCUT2D eigenvalue weighted by molar-refractivity contribution is 5.93. The molecule has 0 atom stereocenters. The molecule has 0 spiro atoms. The van der Waals surface area contributed by atoms with Gasteiger partial charge in [0, 0.05) is 6.42 Å². The lowest BCUT2D eigenvalue weighted by Gasteiger charge is -2.09. The van der Waals surface area contributed by atoms with Crippen LogP contribution in [0.2, 0.25) is 0 Å². The van der Waals surface area contributed by atoms with E-state index >= 15 is 0 Å². The summed E-state index contributed by atoms with van der Waals surface area (Å²) in [5, 5.41) is 0. The zero-order valence-electron chi connectivity index (χ0n) is 11.6. The zero-order valence-corrected chi connectivity index (χ0v) is 11.6. The summed E-state index contributed by atoms with van der Waals surface area (Å²) < 4.78 is 5.56. The van der Waals surface area contributed by atoms with Gasteiger partial charge in [0.2, 0.25) is 0 Å². The number of benzene rings is 1. The Bertz CT molecular complexity index is 400. The average molecular weight is 246 g/mol. The quantitative estimate of drug-likeness (QED) is 0.706. The average Bonchev–Trinajstić information content (AvgIpc) is 2.26. The van der Waals surface area contributed by atoms with E-state index in [1.54, 1.807) is 6.08 Å². The van der Waals surface area contributed by atoms with Crippen LogP contribution >= 0.6 is 0 Å². The second kappa shape index (κ2) is 7.00.